The number of nitrogens with zero attached hydrogens (tertiary/aromatic N) is 3. The lowest BCUT2D eigenvalue weighted by atomic mass is 10.3. The van der Waals surface area contributed by atoms with Crippen molar-refractivity contribution in [2.75, 3.05) is 6.54 Å². The topological polar surface area (TPSA) is 76.9 Å². The van der Waals surface area contributed by atoms with E-state index in [-0.39, 0.29) is 6.54 Å². The molecule has 0 amide bonds. The molecule has 0 spiro atoms. The molecule has 0 atom stereocenters. The normalized spacial score (nSPS) is 11.7. The van der Waals surface area contributed by atoms with Crippen molar-refractivity contribution in [1.29, 1.82) is 0 Å². The molecule has 0 aliphatic heterocycles. The number of sulfonamides is 1. The van der Waals surface area contributed by atoms with E-state index in [0.29, 0.717) is 6.42 Å². The first-order valence-corrected chi connectivity index (χ1v) is 7.06. The Morgan fingerprint density at radius 3 is 2.79 bits per heavy atom. The summed E-state index contributed by atoms with van der Waals surface area (Å²) >= 11 is 0. The standard InChI is InChI=1S/C11H13FN4O2S/c1-16-9(4-7-14-16)5-8-15-19(17,18)11-10(12)3-2-6-13-11/h2-4,6-7,15H,5,8H2,1H3. The van der Waals surface area contributed by atoms with Crippen LogP contribution in [0.25, 0.3) is 0 Å². The lowest BCUT2D eigenvalue weighted by molar-refractivity contribution is 0.544. The van der Waals surface area contributed by atoms with Crippen LogP contribution in [0.3, 0.4) is 0 Å². The van der Waals surface area contributed by atoms with Crippen molar-refractivity contribution in [3.63, 3.8) is 0 Å². The Balaban J connectivity index is 2.03. The monoisotopic (exact) mass is 284 g/mol. The highest BCUT2D eigenvalue weighted by molar-refractivity contribution is 7.89. The van der Waals surface area contributed by atoms with Crippen molar-refractivity contribution in [3.05, 3.63) is 42.1 Å². The molecule has 2 aromatic rings. The minimum atomic E-state index is -3.92. The lowest BCUT2D eigenvalue weighted by Gasteiger charge is -2.06. The highest BCUT2D eigenvalue weighted by atomic mass is 32.2. The minimum absolute atomic E-state index is 0.151. The predicted octanol–water partition coefficient (Wildman–Crippen LogP) is 0.475. The maximum absolute atomic E-state index is 13.4. The summed E-state index contributed by atoms with van der Waals surface area (Å²) in [6, 6.07) is 4.18. The Labute approximate surface area is 110 Å². The van der Waals surface area contributed by atoms with Gasteiger partial charge in [-0.1, -0.05) is 0 Å². The number of hydrogen-bond donors (Lipinski definition) is 1. The van der Waals surface area contributed by atoms with Crippen LogP contribution in [0.2, 0.25) is 0 Å². The Bertz CT molecular complexity index is 669. The molecule has 1 N–H and O–H groups in total. The Morgan fingerprint density at radius 1 is 1.37 bits per heavy atom. The van der Waals surface area contributed by atoms with Crippen LogP contribution in [0.4, 0.5) is 4.39 Å². The summed E-state index contributed by atoms with van der Waals surface area (Å²) in [5, 5.41) is 3.39. The number of halogens is 1. The first-order valence-electron chi connectivity index (χ1n) is 5.58. The fourth-order valence-electron chi connectivity index (χ4n) is 1.60. The van der Waals surface area contributed by atoms with Crippen LogP contribution < -0.4 is 4.72 Å². The average molecular weight is 284 g/mol. The summed E-state index contributed by atoms with van der Waals surface area (Å²) in [6.07, 6.45) is 3.32. The molecule has 0 aliphatic rings. The third-order valence-corrected chi connectivity index (χ3v) is 3.97. The number of aromatic nitrogens is 3. The molecule has 8 heteroatoms. The van der Waals surface area contributed by atoms with E-state index in [1.807, 2.05) is 0 Å². The van der Waals surface area contributed by atoms with E-state index in [9.17, 15) is 12.8 Å². The van der Waals surface area contributed by atoms with Crippen LogP contribution in [0.15, 0.2) is 35.6 Å². The van der Waals surface area contributed by atoms with Gasteiger partial charge in [0.15, 0.2) is 5.82 Å². The van der Waals surface area contributed by atoms with Crippen molar-refractivity contribution < 1.29 is 12.8 Å². The zero-order valence-electron chi connectivity index (χ0n) is 10.2. The van der Waals surface area contributed by atoms with Gasteiger partial charge in [-0.3, -0.25) is 4.68 Å². The second-order valence-electron chi connectivity index (χ2n) is 3.88. The predicted molar refractivity (Wildman–Crippen MR) is 66.3 cm³/mol. The molecule has 0 aliphatic carbocycles. The van der Waals surface area contributed by atoms with Crippen LogP contribution in [0.1, 0.15) is 5.69 Å². The maximum atomic E-state index is 13.4. The molecule has 6 nitrogen and oxygen atoms in total. The van der Waals surface area contributed by atoms with Gasteiger partial charge in [0.2, 0.25) is 5.03 Å². The van der Waals surface area contributed by atoms with Gasteiger partial charge in [-0.15, -0.1) is 0 Å². The van der Waals surface area contributed by atoms with Crippen LogP contribution >= 0.6 is 0 Å². The molecule has 0 aromatic carbocycles. The Hall–Kier alpha value is -1.80. The Morgan fingerprint density at radius 2 is 2.16 bits per heavy atom. The van der Waals surface area contributed by atoms with Crippen LogP contribution in [-0.4, -0.2) is 29.7 Å². The van der Waals surface area contributed by atoms with E-state index in [4.69, 9.17) is 0 Å². The van der Waals surface area contributed by atoms with Gasteiger partial charge in [-0.2, -0.15) is 5.10 Å². The molecule has 0 radical (unpaired) electrons. The number of rotatable bonds is 5. The van der Waals surface area contributed by atoms with Gasteiger partial charge in [0.05, 0.1) is 0 Å². The van der Waals surface area contributed by atoms with Crippen molar-refractivity contribution >= 4 is 10.0 Å². The summed E-state index contributed by atoms with van der Waals surface area (Å²) in [7, 11) is -2.16. The van der Waals surface area contributed by atoms with Crippen molar-refractivity contribution in [3.8, 4) is 0 Å². The van der Waals surface area contributed by atoms with Gasteiger partial charge < -0.3 is 0 Å². The lowest BCUT2D eigenvalue weighted by Crippen LogP contribution is -2.28. The molecule has 0 saturated carbocycles. The zero-order chi connectivity index (χ0) is 13.9. The van der Waals surface area contributed by atoms with E-state index in [1.54, 1.807) is 24.0 Å². The van der Waals surface area contributed by atoms with Gasteiger partial charge in [-0.05, 0) is 18.2 Å². The molecule has 102 valence electrons. The molecule has 19 heavy (non-hydrogen) atoms. The molecular weight excluding hydrogens is 271 g/mol. The van der Waals surface area contributed by atoms with E-state index >= 15 is 0 Å². The average Bonchev–Trinajstić information content (AvgIpc) is 2.75. The molecule has 2 aromatic heterocycles. The van der Waals surface area contributed by atoms with Crippen molar-refractivity contribution in [1.82, 2.24) is 19.5 Å². The number of pyridine rings is 1. The molecule has 2 rings (SSSR count). The Kier molecular flexibility index (Phi) is 3.91. The molecule has 0 fully saturated rings. The van der Waals surface area contributed by atoms with Gasteiger partial charge in [-0.25, -0.2) is 22.5 Å². The smallest absolute Gasteiger partial charge is 0.261 e. The summed E-state index contributed by atoms with van der Waals surface area (Å²) < 4.78 is 41.0. The summed E-state index contributed by atoms with van der Waals surface area (Å²) in [5.41, 5.74) is 0.879. The van der Waals surface area contributed by atoms with E-state index < -0.39 is 20.9 Å². The molecule has 0 saturated heterocycles. The fraction of sp³-hybridized carbons (Fsp3) is 0.273. The number of nitrogens with one attached hydrogen (secondary N) is 1. The fourth-order valence-corrected chi connectivity index (χ4v) is 2.63. The summed E-state index contributed by atoms with van der Waals surface area (Å²) in [6.45, 7) is 0.151. The van der Waals surface area contributed by atoms with E-state index in [2.05, 4.69) is 14.8 Å². The second kappa shape index (κ2) is 5.45. The van der Waals surface area contributed by atoms with Gasteiger partial charge in [0.1, 0.15) is 0 Å². The van der Waals surface area contributed by atoms with Gasteiger partial charge in [0.25, 0.3) is 10.0 Å². The number of hydrogen-bond acceptors (Lipinski definition) is 4. The first kappa shape index (κ1) is 13.6. The minimum Gasteiger partial charge on any atom is -0.273 e. The molecule has 0 bridgehead atoms. The molecular formula is C11H13FN4O2S. The van der Waals surface area contributed by atoms with Crippen LogP contribution in [-0.2, 0) is 23.5 Å². The van der Waals surface area contributed by atoms with Crippen LogP contribution in [0.5, 0.6) is 0 Å². The highest BCUT2D eigenvalue weighted by Crippen LogP contribution is 2.09. The van der Waals surface area contributed by atoms with Crippen LogP contribution in [0, 0.1) is 5.82 Å². The van der Waals surface area contributed by atoms with Crippen molar-refractivity contribution in [2.45, 2.75) is 11.4 Å². The summed E-state index contributed by atoms with van der Waals surface area (Å²) in [4.78, 5) is 3.54. The van der Waals surface area contributed by atoms with E-state index in [0.717, 1.165) is 11.8 Å². The SMILES string of the molecule is Cn1nccc1CCNS(=O)(=O)c1ncccc1F. The summed E-state index contributed by atoms with van der Waals surface area (Å²) in [5.74, 6) is -0.865. The molecule has 0 unspecified atom stereocenters. The van der Waals surface area contributed by atoms with Gasteiger partial charge >= 0.3 is 0 Å². The second-order valence-corrected chi connectivity index (χ2v) is 5.57. The largest absolute Gasteiger partial charge is 0.273 e. The third-order valence-electron chi connectivity index (χ3n) is 2.57. The quantitative estimate of drug-likeness (QED) is 0.866. The van der Waals surface area contributed by atoms with E-state index in [1.165, 1.54) is 12.3 Å². The number of aryl methyl sites for hydroxylation is 1. The third kappa shape index (κ3) is 3.15. The van der Waals surface area contributed by atoms with Gasteiger partial charge in [0, 0.05) is 38.1 Å². The highest BCUT2D eigenvalue weighted by Gasteiger charge is 2.19. The molecule has 2 heterocycles. The van der Waals surface area contributed by atoms with Crippen molar-refractivity contribution in [2.24, 2.45) is 7.05 Å². The zero-order valence-corrected chi connectivity index (χ0v) is 11.1. The maximum Gasteiger partial charge on any atom is 0.261 e. The first-order chi connectivity index (χ1) is 9.00.